The third-order valence-electron chi connectivity index (χ3n) is 3.52. The average molecular weight is 393 g/mol. The van der Waals surface area contributed by atoms with E-state index in [9.17, 15) is 18.0 Å². The fourth-order valence-electron chi connectivity index (χ4n) is 2.31. The van der Waals surface area contributed by atoms with Crippen LogP contribution in [-0.2, 0) is 11.0 Å². The molecule has 0 aliphatic rings. The Bertz CT molecular complexity index is 985. The molecule has 3 rings (SSSR count). The molecule has 1 N–H and O–H groups in total. The van der Waals surface area contributed by atoms with Gasteiger partial charge in [0.25, 0.3) is 0 Å². The SMILES string of the molecule is O=C(/C=C/c1cccc(C(F)(F)F)c1)Nc1cc(Cl)ccc1-n1cncn1. The first-order valence-corrected chi connectivity index (χ1v) is 8.01. The molecule has 2 aromatic carbocycles. The summed E-state index contributed by atoms with van der Waals surface area (Å²) in [7, 11) is 0. The van der Waals surface area contributed by atoms with Crippen molar-refractivity contribution in [3.05, 3.63) is 77.3 Å². The molecule has 1 amide bonds. The van der Waals surface area contributed by atoms with Crippen LogP contribution in [0.3, 0.4) is 0 Å². The lowest BCUT2D eigenvalue weighted by Gasteiger charge is -2.10. The highest BCUT2D eigenvalue weighted by atomic mass is 35.5. The molecule has 1 aromatic heterocycles. The predicted octanol–water partition coefficient (Wildman–Crippen LogP) is 4.59. The number of aromatic nitrogens is 3. The zero-order valence-corrected chi connectivity index (χ0v) is 14.4. The summed E-state index contributed by atoms with van der Waals surface area (Å²) in [5, 5.41) is 7.03. The van der Waals surface area contributed by atoms with Crippen LogP contribution in [0.2, 0.25) is 5.02 Å². The number of nitrogens with one attached hydrogen (secondary N) is 1. The summed E-state index contributed by atoms with van der Waals surface area (Å²) in [6.45, 7) is 0. The van der Waals surface area contributed by atoms with Crippen LogP contribution in [0.15, 0.2) is 61.2 Å². The van der Waals surface area contributed by atoms with Gasteiger partial charge in [0.05, 0.1) is 16.9 Å². The largest absolute Gasteiger partial charge is 0.416 e. The van der Waals surface area contributed by atoms with Crippen LogP contribution in [-0.4, -0.2) is 20.7 Å². The molecule has 0 unspecified atom stereocenters. The number of benzene rings is 2. The van der Waals surface area contributed by atoms with Crippen molar-refractivity contribution < 1.29 is 18.0 Å². The molecule has 0 atom stereocenters. The quantitative estimate of drug-likeness (QED) is 0.660. The number of rotatable bonds is 4. The Balaban J connectivity index is 1.79. The molecule has 9 heteroatoms. The van der Waals surface area contributed by atoms with E-state index in [4.69, 9.17) is 11.6 Å². The van der Waals surface area contributed by atoms with Gasteiger partial charge in [0.15, 0.2) is 0 Å². The van der Waals surface area contributed by atoms with E-state index in [1.807, 2.05) is 0 Å². The number of carbonyl (C=O) groups excluding carboxylic acids is 1. The molecule has 0 radical (unpaired) electrons. The Morgan fingerprint density at radius 1 is 1.19 bits per heavy atom. The average Bonchev–Trinajstić information content (AvgIpc) is 3.14. The van der Waals surface area contributed by atoms with E-state index in [0.717, 1.165) is 18.2 Å². The van der Waals surface area contributed by atoms with E-state index in [-0.39, 0.29) is 5.56 Å². The van der Waals surface area contributed by atoms with Crippen molar-refractivity contribution in [1.82, 2.24) is 14.8 Å². The Morgan fingerprint density at radius 2 is 2.00 bits per heavy atom. The minimum Gasteiger partial charge on any atom is -0.321 e. The van der Waals surface area contributed by atoms with Crippen LogP contribution < -0.4 is 5.32 Å². The van der Waals surface area contributed by atoms with E-state index < -0.39 is 17.6 Å². The molecule has 0 spiro atoms. The zero-order valence-electron chi connectivity index (χ0n) is 13.6. The summed E-state index contributed by atoms with van der Waals surface area (Å²) in [5.74, 6) is -0.531. The Kier molecular flexibility index (Phi) is 5.27. The van der Waals surface area contributed by atoms with Crippen molar-refractivity contribution in [2.24, 2.45) is 0 Å². The first-order chi connectivity index (χ1) is 12.8. The number of alkyl halides is 3. The maximum atomic E-state index is 12.7. The smallest absolute Gasteiger partial charge is 0.321 e. The third kappa shape index (κ3) is 4.73. The van der Waals surface area contributed by atoms with E-state index in [0.29, 0.717) is 16.4 Å². The molecule has 0 aliphatic carbocycles. The van der Waals surface area contributed by atoms with Crippen molar-refractivity contribution in [2.75, 3.05) is 5.32 Å². The molecule has 0 bridgehead atoms. The van der Waals surface area contributed by atoms with Crippen molar-refractivity contribution in [3.8, 4) is 5.69 Å². The van der Waals surface area contributed by atoms with Crippen molar-refractivity contribution in [2.45, 2.75) is 6.18 Å². The highest BCUT2D eigenvalue weighted by Gasteiger charge is 2.30. The first-order valence-electron chi connectivity index (χ1n) is 7.64. The number of carbonyl (C=O) groups is 1. The highest BCUT2D eigenvalue weighted by Crippen LogP contribution is 2.29. The summed E-state index contributed by atoms with van der Waals surface area (Å²) in [5.41, 5.74) is 0.389. The molecule has 0 saturated heterocycles. The predicted molar refractivity (Wildman–Crippen MR) is 95.5 cm³/mol. The molecule has 27 heavy (non-hydrogen) atoms. The van der Waals surface area contributed by atoms with Gasteiger partial charge in [-0.25, -0.2) is 9.67 Å². The zero-order chi connectivity index (χ0) is 19.4. The maximum Gasteiger partial charge on any atom is 0.416 e. The summed E-state index contributed by atoms with van der Waals surface area (Å²) in [6.07, 6.45) is 0.788. The molecule has 138 valence electrons. The van der Waals surface area contributed by atoms with Crippen LogP contribution in [0, 0.1) is 0 Å². The Labute approximate surface area is 157 Å². The molecule has 3 aromatic rings. The lowest BCUT2D eigenvalue weighted by atomic mass is 10.1. The standard InChI is InChI=1S/C18H12ClF3N4O/c19-14-5-6-16(26-11-23-10-24-26)15(9-14)25-17(27)7-4-12-2-1-3-13(8-12)18(20,21)22/h1-11H,(H,25,27)/b7-4+. The highest BCUT2D eigenvalue weighted by molar-refractivity contribution is 6.31. The van der Waals surface area contributed by atoms with Crippen molar-refractivity contribution >= 4 is 29.3 Å². The summed E-state index contributed by atoms with van der Waals surface area (Å²) in [4.78, 5) is 16.0. The lowest BCUT2D eigenvalue weighted by Crippen LogP contribution is -2.11. The molecule has 5 nitrogen and oxygen atoms in total. The fraction of sp³-hybridized carbons (Fsp3) is 0.0556. The van der Waals surface area contributed by atoms with Crippen molar-refractivity contribution in [1.29, 1.82) is 0 Å². The third-order valence-corrected chi connectivity index (χ3v) is 3.76. The number of nitrogens with zero attached hydrogens (tertiary/aromatic N) is 3. The van der Waals surface area contributed by atoms with Crippen LogP contribution >= 0.6 is 11.6 Å². The van der Waals surface area contributed by atoms with Gasteiger partial charge < -0.3 is 5.32 Å². The molecule has 1 heterocycles. The molecule has 0 saturated carbocycles. The van der Waals surface area contributed by atoms with Gasteiger partial charge in [-0.2, -0.15) is 18.3 Å². The second-order valence-corrected chi connectivity index (χ2v) is 5.88. The minimum absolute atomic E-state index is 0.252. The Hall–Kier alpha value is -3.13. The summed E-state index contributed by atoms with van der Waals surface area (Å²) < 4.78 is 39.7. The molecule has 0 fully saturated rings. The number of halogens is 4. The maximum absolute atomic E-state index is 12.7. The summed E-state index contributed by atoms with van der Waals surface area (Å²) in [6, 6.07) is 9.50. The van der Waals surface area contributed by atoms with Crippen molar-refractivity contribution in [3.63, 3.8) is 0 Å². The topological polar surface area (TPSA) is 59.8 Å². The van der Waals surface area contributed by atoms with Crippen LogP contribution in [0.1, 0.15) is 11.1 Å². The first kappa shape index (κ1) is 18.7. The minimum atomic E-state index is -4.44. The number of amides is 1. The molecular weight excluding hydrogens is 381 g/mol. The van der Waals surface area contributed by atoms with Gasteiger partial charge in [0, 0.05) is 11.1 Å². The monoisotopic (exact) mass is 392 g/mol. The second kappa shape index (κ2) is 7.63. The van der Waals surface area contributed by atoms with Gasteiger partial charge in [0.2, 0.25) is 5.91 Å². The van der Waals surface area contributed by atoms with Crippen LogP contribution in [0.5, 0.6) is 0 Å². The lowest BCUT2D eigenvalue weighted by molar-refractivity contribution is -0.137. The van der Waals surface area contributed by atoms with Gasteiger partial charge in [-0.1, -0.05) is 23.7 Å². The number of hydrogen-bond acceptors (Lipinski definition) is 3. The van der Waals surface area contributed by atoms with Crippen LogP contribution in [0.25, 0.3) is 11.8 Å². The van der Waals surface area contributed by atoms with E-state index in [1.54, 1.807) is 12.1 Å². The second-order valence-electron chi connectivity index (χ2n) is 5.45. The fourth-order valence-corrected chi connectivity index (χ4v) is 2.48. The molecular formula is C18H12ClF3N4O. The number of hydrogen-bond donors (Lipinski definition) is 1. The van der Waals surface area contributed by atoms with E-state index in [1.165, 1.54) is 41.6 Å². The van der Waals surface area contributed by atoms with E-state index in [2.05, 4.69) is 15.4 Å². The Morgan fingerprint density at radius 3 is 2.70 bits per heavy atom. The number of anilines is 1. The normalized spacial score (nSPS) is 11.7. The van der Waals surface area contributed by atoms with Gasteiger partial charge >= 0.3 is 6.18 Å². The van der Waals surface area contributed by atoms with Gasteiger partial charge in [-0.3, -0.25) is 4.79 Å². The van der Waals surface area contributed by atoms with Gasteiger partial charge in [-0.05, 0) is 42.0 Å². The van der Waals surface area contributed by atoms with E-state index >= 15 is 0 Å². The van der Waals surface area contributed by atoms with Gasteiger partial charge in [0.1, 0.15) is 12.7 Å². The molecule has 0 aliphatic heterocycles. The van der Waals surface area contributed by atoms with Crippen LogP contribution in [0.4, 0.5) is 18.9 Å². The van der Waals surface area contributed by atoms with Gasteiger partial charge in [-0.15, -0.1) is 0 Å². The summed E-state index contributed by atoms with van der Waals surface area (Å²) >= 11 is 5.97.